The average Bonchev–Trinajstić information content (AvgIpc) is 2.54. The number of amides is 1. The van der Waals surface area contributed by atoms with E-state index in [0.29, 0.717) is 23.2 Å². The molecule has 1 aliphatic carbocycles. The van der Waals surface area contributed by atoms with Crippen molar-refractivity contribution in [3.63, 3.8) is 0 Å². The zero-order valence-electron chi connectivity index (χ0n) is 12.4. The van der Waals surface area contributed by atoms with Crippen molar-refractivity contribution < 1.29 is 9.53 Å². The van der Waals surface area contributed by atoms with Gasteiger partial charge in [-0.3, -0.25) is 4.79 Å². The molecule has 114 valence electrons. The first kappa shape index (κ1) is 14.6. The van der Waals surface area contributed by atoms with Gasteiger partial charge in [-0.05, 0) is 31.2 Å². The van der Waals surface area contributed by atoms with Gasteiger partial charge in [-0.1, -0.05) is 18.9 Å². The summed E-state index contributed by atoms with van der Waals surface area (Å²) in [5, 5.41) is 7.02. The molecule has 2 N–H and O–H groups in total. The van der Waals surface area contributed by atoms with Crippen LogP contribution in [0.5, 0.6) is 5.75 Å². The van der Waals surface area contributed by atoms with Crippen LogP contribution in [0.25, 0.3) is 0 Å². The van der Waals surface area contributed by atoms with Crippen LogP contribution in [0.15, 0.2) is 18.2 Å². The number of carbonyl (C=O) groups is 1. The molecule has 2 unspecified atom stereocenters. The second-order valence-corrected chi connectivity index (χ2v) is 6.67. The predicted octanol–water partition coefficient (Wildman–Crippen LogP) is 2.89. The Labute approximate surface area is 130 Å². The van der Waals surface area contributed by atoms with Gasteiger partial charge in [-0.2, -0.15) is 11.8 Å². The summed E-state index contributed by atoms with van der Waals surface area (Å²) in [7, 11) is 0. The standard InChI is InChI=1S/C16H22N2O2S/c1-21-14-8-3-2-6-12(14)18-16(19)11-5-4-7-13-15(11)20-10-9-17-13/h4-5,7,12,14,17H,2-3,6,8-10H2,1H3,(H,18,19). The molecule has 3 rings (SSSR count). The van der Waals surface area contributed by atoms with Crippen LogP contribution in [0.1, 0.15) is 36.0 Å². The van der Waals surface area contributed by atoms with E-state index in [4.69, 9.17) is 4.74 Å². The molecule has 2 aliphatic rings. The lowest BCUT2D eigenvalue weighted by atomic mass is 9.94. The van der Waals surface area contributed by atoms with Gasteiger partial charge < -0.3 is 15.4 Å². The Morgan fingerprint density at radius 3 is 3.10 bits per heavy atom. The summed E-state index contributed by atoms with van der Waals surface area (Å²) in [4.78, 5) is 12.6. The van der Waals surface area contributed by atoms with E-state index in [1.807, 2.05) is 30.0 Å². The summed E-state index contributed by atoms with van der Waals surface area (Å²) >= 11 is 1.86. The fourth-order valence-corrected chi connectivity index (χ4v) is 4.07. The minimum absolute atomic E-state index is 0.0125. The third-order valence-electron chi connectivity index (χ3n) is 4.25. The zero-order chi connectivity index (χ0) is 14.7. The highest BCUT2D eigenvalue weighted by Gasteiger charge is 2.27. The van der Waals surface area contributed by atoms with E-state index in [-0.39, 0.29) is 11.9 Å². The van der Waals surface area contributed by atoms with Gasteiger partial charge in [0, 0.05) is 17.8 Å². The fraction of sp³-hybridized carbons (Fsp3) is 0.562. The minimum atomic E-state index is -0.0125. The normalized spacial score (nSPS) is 24.4. The molecule has 0 aromatic heterocycles. The number of hydrogen-bond acceptors (Lipinski definition) is 4. The number of benzene rings is 1. The van der Waals surface area contributed by atoms with E-state index in [9.17, 15) is 4.79 Å². The van der Waals surface area contributed by atoms with Crippen LogP contribution >= 0.6 is 11.8 Å². The number of anilines is 1. The third kappa shape index (κ3) is 3.12. The largest absolute Gasteiger partial charge is 0.489 e. The van der Waals surface area contributed by atoms with Gasteiger partial charge in [0.05, 0.1) is 11.3 Å². The summed E-state index contributed by atoms with van der Waals surface area (Å²) < 4.78 is 5.69. The van der Waals surface area contributed by atoms with E-state index >= 15 is 0 Å². The van der Waals surface area contributed by atoms with Crippen LogP contribution in [-0.2, 0) is 0 Å². The van der Waals surface area contributed by atoms with Crippen LogP contribution in [0, 0.1) is 0 Å². The van der Waals surface area contributed by atoms with E-state index in [1.54, 1.807) is 0 Å². The van der Waals surface area contributed by atoms with Crippen LogP contribution in [-0.4, -0.2) is 36.6 Å². The Morgan fingerprint density at radius 1 is 1.38 bits per heavy atom. The summed E-state index contributed by atoms with van der Waals surface area (Å²) in [6, 6.07) is 5.98. The molecule has 0 spiro atoms. The second kappa shape index (κ2) is 6.60. The number of rotatable bonds is 3. The number of fused-ring (bicyclic) bond motifs is 1. The first-order valence-corrected chi connectivity index (χ1v) is 8.91. The molecule has 0 saturated heterocycles. The first-order chi connectivity index (χ1) is 10.3. The fourth-order valence-electron chi connectivity index (χ4n) is 3.14. The maximum Gasteiger partial charge on any atom is 0.255 e. The van der Waals surface area contributed by atoms with Gasteiger partial charge in [0.25, 0.3) is 5.91 Å². The number of hydrogen-bond donors (Lipinski definition) is 2. The molecule has 1 fully saturated rings. The highest BCUT2D eigenvalue weighted by molar-refractivity contribution is 7.99. The van der Waals surface area contributed by atoms with Gasteiger partial charge in [-0.15, -0.1) is 0 Å². The Morgan fingerprint density at radius 2 is 2.24 bits per heavy atom. The Hall–Kier alpha value is -1.36. The Bertz CT molecular complexity index is 521. The predicted molar refractivity (Wildman–Crippen MR) is 87.5 cm³/mol. The highest BCUT2D eigenvalue weighted by Crippen LogP contribution is 2.32. The van der Waals surface area contributed by atoms with Crippen molar-refractivity contribution in [3.8, 4) is 5.75 Å². The Kier molecular flexibility index (Phi) is 4.58. The maximum atomic E-state index is 12.6. The zero-order valence-corrected chi connectivity index (χ0v) is 13.2. The molecule has 1 aliphatic heterocycles. The lowest BCUT2D eigenvalue weighted by Gasteiger charge is -2.31. The van der Waals surface area contributed by atoms with Crippen molar-refractivity contribution in [2.24, 2.45) is 0 Å². The summed E-state index contributed by atoms with van der Waals surface area (Å²) in [5.74, 6) is 0.680. The van der Waals surface area contributed by atoms with Gasteiger partial charge in [-0.25, -0.2) is 0 Å². The molecular weight excluding hydrogens is 284 g/mol. The van der Waals surface area contributed by atoms with Gasteiger partial charge >= 0.3 is 0 Å². The van der Waals surface area contributed by atoms with Crippen molar-refractivity contribution >= 4 is 23.4 Å². The molecule has 1 amide bonds. The lowest BCUT2D eigenvalue weighted by molar-refractivity contribution is 0.0925. The number of thioether (sulfide) groups is 1. The summed E-state index contributed by atoms with van der Waals surface area (Å²) in [5.41, 5.74) is 1.56. The maximum absolute atomic E-state index is 12.6. The number of carbonyl (C=O) groups excluding carboxylic acids is 1. The molecule has 4 nitrogen and oxygen atoms in total. The molecule has 0 bridgehead atoms. The topological polar surface area (TPSA) is 50.4 Å². The molecular formula is C16H22N2O2S. The van der Waals surface area contributed by atoms with Crippen LogP contribution < -0.4 is 15.4 Å². The van der Waals surface area contributed by atoms with E-state index in [1.165, 1.54) is 19.3 Å². The van der Waals surface area contributed by atoms with Gasteiger partial charge in [0.1, 0.15) is 6.61 Å². The van der Waals surface area contributed by atoms with Crippen molar-refractivity contribution in [1.29, 1.82) is 0 Å². The minimum Gasteiger partial charge on any atom is -0.489 e. The van der Waals surface area contributed by atoms with E-state index < -0.39 is 0 Å². The van der Waals surface area contributed by atoms with Crippen LogP contribution in [0.3, 0.4) is 0 Å². The SMILES string of the molecule is CSC1CCCCC1NC(=O)c1cccc2c1OCCN2. The smallest absolute Gasteiger partial charge is 0.255 e. The number of para-hydroxylation sites is 1. The molecule has 2 atom stereocenters. The van der Waals surface area contributed by atoms with Gasteiger partial charge in [0.2, 0.25) is 0 Å². The third-order valence-corrected chi connectivity index (χ3v) is 5.42. The molecule has 1 aromatic carbocycles. The van der Waals surface area contributed by atoms with E-state index in [0.717, 1.165) is 18.7 Å². The quantitative estimate of drug-likeness (QED) is 0.901. The summed E-state index contributed by atoms with van der Waals surface area (Å²) in [6.07, 6.45) is 6.87. The van der Waals surface area contributed by atoms with Crippen LogP contribution in [0.2, 0.25) is 0 Å². The van der Waals surface area contributed by atoms with Crippen LogP contribution in [0.4, 0.5) is 5.69 Å². The van der Waals surface area contributed by atoms with Crippen molar-refractivity contribution in [3.05, 3.63) is 23.8 Å². The summed E-state index contributed by atoms with van der Waals surface area (Å²) in [6.45, 7) is 1.39. The molecule has 5 heteroatoms. The molecule has 21 heavy (non-hydrogen) atoms. The Balaban J connectivity index is 1.76. The highest BCUT2D eigenvalue weighted by atomic mass is 32.2. The molecule has 1 aromatic rings. The van der Waals surface area contributed by atoms with Gasteiger partial charge in [0.15, 0.2) is 5.75 Å². The van der Waals surface area contributed by atoms with E-state index in [2.05, 4.69) is 16.9 Å². The first-order valence-electron chi connectivity index (χ1n) is 7.63. The molecule has 0 radical (unpaired) electrons. The monoisotopic (exact) mass is 306 g/mol. The van der Waals surface area contributed by atoms with Crippen molar-refractivity contribution in [2.75, 3.05) is 24.7 Å². The lowest BCUT2D eigenvalue weighted by Crippen LogP contribution is -2.43. The molecule has 1 heterocycles. The number of ether oxygens (including phenoxy) is 1. The average molecular weight is 306 g/mol. The van der Waals surface area contributed by atoms with Crippen molar-refractivity contribution in [2.45, 2.75) is 37.0 Å². The molecule has 1 saturated carbocycles. The van der Waals surface area contributed by atoms with Crippen molar-refractivity contribution in [1.82, 2.24) is 5.32 Å². The number of nitrogens with one attached hydrogen (secondary N) is 2. The second-order valence-electron chi connectivity index (χ2n) is 5.60.